The Morgan fingerprint density at radius 3 is 2.60 bits per heavy atom. The van der Waals surface area contributed by atoms with Gasteiger partial charge in [0.2, 0.25) is 11.8 Å². The Labute approximate surface area is 117 Å². The number of likely N-dealkylation sites (tertiary alicyclic amines) is 1. The first-order valence-corrected chi connectivity index (χ1v) is 6.37. The minimum absolute atomic E-state index is 0.188. The van der Waals surface area contributed by atoms with Crippen LogP contribution in [0.15, 0.2) is 18.2 Å². The van der Waals surface area contributed by atoms with Gasteiger partial charge in [-0.15, -0.1) is 0 Å². The third-order valence-electron chi connectivity index (χ3n) is 3.34. The van der Waals surface area contributed by atoms with Gasteiger partial charge in [-0.1, -0.05) is 6.07 Å². The maximum Gasteiger partial charge on any atom is 0.246 e. The zero-order chi connectivity index (χ0) is 14.7. The first-order chi connectivity index (χ1) is 9.56. The number of carbonyl (C=O) groups excluding carboxylic acids is 2. The van der Waals surface area contributed by atoms with E-state index in [0.29, 0.717) is 24.3 Å². The fraction of sp³-hybridized carbons (Fsp3) is 0.429. The number of rotatable bonds is 4. The van der Waals surface area contributed by atoms with Crippen molar-refractivity contribution in [1.82, 2.24) is 4.90 Å². The lowest BCUT2D eigenvalue weighted by Crippen LogP contribution is -2.50. The largest absolute Gasteiger partial charge is 0.493 e. The maximum absolute atomic E-state index is 11.9. The first kappa shape index (κ1) is 14.3. The van der Waals surface area contributed by atoms with Crippen LogP contribution in [0.5, 0.6) is 11.5 Å². The molecule has 0 spiro atoms. The van der Waals surface area contributed by atoms with Crippen LogP contribution in [0.3, 0.4) is 0 Å². The molecule has 2 rings (SSSR count). The van der Waals surface area contributed by atoms with Crippen molar-refractivity contribution in [2.24, 2.45) is 5.73 Å². The molecule has 1 aromatic rings. The van der Waals surface area contributed by atoms with Gasteiger partial charge in [0.05, 0.1) is 26.8 Å². The molecule has 0 radical (unpaired) electrons. The summed E-state index contributed by atoms with van der Waals surface area (Å²) in [6, 6.07) is 4.70. The van der Waals surface area contributed by atoms with E-state index >= 15 is 0 Å². The molecule has 0 saturated carbocycles. The van der Waals surface area contributed by atoms with Crippen molar-refractivity contribution < 1.29 is 19.1 Å². The van der Waals surface area contributed by atoms with Crippen molar-refractivity contribution in [2.45, 2.75) is 25.4 Å². The number of ether oxygens (including phenoxy) is 2. The van der Waals surface area contributed by atoms with E-state index in [0.717, 1.165) is 5.56 Å². The number of hydrogen-bond acceptors (Lipinski definition) is 5. The molecule has 1 atom stereocenters. The first-order valence-electron chi connectivity index (χ1n) is 6.37. The van der Waals surface area contributed by atoms with Crippen LogP contribution < -0.4 is 15.2 Å². The number of benzene rings is 1. The summed E-state index contributed by atoms with van der Waals surface area (Å²) in [5.41, 5.74) is 6.49. The van der Waals surface area contributed by atoms with Crippen molar-refractivity contribution in [3.63, 3.8) is 0 Å². The molecule has 108 valence electrons. The van der Waals surface area contributed by atoms with Crippen molar-refractivity contribution in [1.29, 1.82) is 0 Å². The number of imide groups is 1. The predicted octanol–water partition coefficient (Wildman–Crippen LogP) is 0.680. The Hall–Kier alpha value is -2.08. The highest BCUT2D eigenvalue weighted by Crippen LogP contribution is 2.28. The lowest BCUT2D eigenvalue weighted by molar-refractivity contribution is -0.149. The maximum atomic E-state index is 11.9. The lowest BCUT2D eigenvalue weighted by Gasteiger charge is -2.28. The number of piperidine rings is 1. The molecule has 6 heteroatoms. The fourth-order valence-corrected chi connectivity index (χ4v) is 2.19. The molecule has 1 aliphatic heterocycles. The van der Waals surface area contributed by atoms with Gasteiger partial charge in [0.1, 0.15) is 0 Å². The molecule has 1 heterocycles. The van der Waals surface area contributed by atoms with Gasteiger partial charge in [-0.3, -0.25) is 14.5 Å². The average molecular weight is 278 g/mol. The third-order valence-corrected chi connectivity index (χ3v) is 3.34. The minimum atomic E-state index is -0.590. The number of amides is 2. The van der Waals surface area contributed by atoms with E-state index in [-0.39, 0.29) is 18.4 Å². The van der Waals surface area contributed by atoms with Crippen molar-refractivity contribution in [3.05, 3.63) is 23.8 Å². The van der Waals surface area contributed by atoms with E-state index in [1.165, 1.54) is 12.0 Å². The summed E-state index contributed by atoms with van der Waals surface area (Å²) in [5, 5.41) is 0. The molecule has 0 unspecified atom stereocenters. The second-order valence-corrected chi connectivity index (χ2v) is 4.65. The van der Waals surface area contributed by atoms with Gasteiger partial charge < -0.3 is 15.2 Å². The summed E-state index contributed by atoms with van der Waals surface area (Å²) in [7, 11) is 3.09. The van der Waals surface area contributed by atoms with E-state index in [1.807, 2.05) is 0 Å². The number of nitrogens with two attached hydrogens (primary N) is 1. The molecule has 1 aromatic carbocycles. The predicted molar refractivity (Wildman–Crippen MR) is 72.3 cm³/mol. The van der Waals surface area contributed by atoms with Crippen molar-refractivity contribution >= 4 is 11.8 Å². The summed E-state index contributed by atoms with van der Waals surface area (Å²) in [5.74, 6) is 0.651. The van der Waals surface area contributed by atoms with Crippen LogP contribution >= 0.6 is 0 Å². The van der Waals surface area contributed by atoms with Gasteiger partial charge in [0.15, 0.2) is 11.5 Å². The number of hydrogen-bond donors (Lipinski definition) is 1. The monoisotopic (exact) mass is 278 g/mol. The smallest absolute Gasteiger partial charge is 0.246 e. The van der Waals surface area contributed by atoms with Crippen molar-refractivity contribution in [2.75, 3.05) is 14.2 Å². The zero-order valence-electron chi connectivity index (χ0n) is 11.6. The van der Waals surface area contributed by atoms with E-state index in [9.17, 15) is 9.59 Å². The van der Waals surface area contributed by atoms with E-state index in [2.05, 4.69) is 0 Å². The molecular formula is C14H18N2O4. The molecule has 1 saturated heterocycles. The minimum Gasteiger partial charge on any atom is -0.493 e. The topological polar surface area (TPSA) is 81.9 Å². The van der Waals surface area contributed by atoms with Crippen LogP contribution in [0.25, 0.3) is 0 Å². The van der Waals surface area contributed by atoms with Gasteiger partial charge in [0.25, 0.3) is 0 Å². The van der Waals surface area contributed by atoms with E-state index < -0.39 is 6.04 Å². The van der Waals surface area contributed by atoms with Crippen LogP contribution in [0.1, 0.15) is 18.4 Å². The molecule has 2 amide bonds. The molecular weight excluding hydrogens is 260 g/mol. The molecule has 0 aromatic heterocycles. The molecule has 0 aliphatic carbocycles. The quantitative estimate of drug-likeness (QED) is 0.819. The van der Waals surface area contributed by atoms with E-state index in [4.69, 9.17) is 15.2 Å². The summed E-state index contributed by atoms with van der Waals surface area (Å²) >= 11 is 0. The summed E-state index contributed by atoms with van der Waals surface area (Å²) < 4.78 is 10.4. The second kappa shape index (κ2) is 5.92. The van der Waals surface area contributed by atoms with Crippen LogP contribution in [-0.2, 0) is 16.1 Å². The Balaban J connectivity index is 2.20. The van der Waals surface area contributed by atoms with Crippen molar-refractivity contribution in [3.8, 4) is 11.5 Å². The molecule has 2 N–H and O–H groups in total. The summed E-state index contributed by atoms with van der Waals surface area (Å²) in [6.07, 6.45) is 0.723. The molecule has 0 bridgehead atoms. The van der Waals surface area contributed by atoms with E-state index in [1.54, 1.807) is 25.3 Å². The number of methoxy groups -OCH3 is 2. The number of nitrogens with zero attached hydrogens (tertiary/aromatic N) is 1. The van der Waals surface area contributed by atoms with Gasteiger partial charge in [-0.05, 0) is 24.1 Å². The Kier molecular flexibility index (Phi) is 4.24. The lowest BCUT2D eigenvalue weighted by atomic mass is 10.0. The normalized spacial score (nSPS) is 19.1. The molecule has 1 fully saturated rings. The average Bonchev–Trinajstić information content (AvgIpc) is 2.47. The van der Waals surface area contributed by atoms with Crippen LogP contribution in [-0.4, -0.2) is 37.0 Å². The van der Waals surface area contributed by atoms with Crippen LogP contribution in [0.4, 0.5) is 0 Å². The second-order valence-electron chi connectivity index (χ2n) is 4.65. The van der Waals surface area contributed by atoms with Crippen LogP contribution in [0.2, 0.25) is 0 Å². The van der Waals surface area contributed by atoms with Crippen LogP contribution in [0, 0.1) is 0 Å². The van der Waals surface area contributed by atoms with Gasteiger partial charge >= 0.3 is 0 Å². The molecule has 20 heavy (non-hydrogen) atoms. The Bertz CT molecular complexity index is 530. The number of carbonyl (C=O) groups is 2. The Morgan fingerprint density at radius 1 is 1.25 bits per heavy atom. The zero-order valence-corrected chi connectivity index (χ0v) is 11.6. The highest BCUT2D eigenvalue weighted by molar-refractivity contribution is 6.00. The summed E-state index contributed by atoms with van der Waals surface area (Å²) in [4.78, 5) is 25.0. The van der Waals surface area contributed by atoms with Gasteiger partial charge in [-0.25, -0.2) is 0 Å². The standard InChI is InChI=1S/C14H18N2O4/c1-19-11-5-3-9(7-12(11)20-2)8-16-13(17)6-4-10(15)14(16)18/h3,5,7,10H,4,6,8,15H2,1-2H3/t10-/m0/s1. The Morgan fingerprint density at radius 2 is 1.95 bits per heavy atom. The van der Waals surface area contributed by atoms with Gasteiger partial charge in [0, 0.05) is 6.42 Å². The third kappa shape index (κ3) is 2.75. The highest BCUT2D eigenvalue weighted by Gasteiger charge is 2.31. The fourth-order valence-electron chi connectivity index (χ4n) is 2.19. The molecule has 1 aliphatic rings. The SMILES string of the molecule is COc1ccc(CN2C(=O)CC[C@H](N)C2=O)cc1OC. The summed E-state index contributed by atoms with van der Waals surface area (Å²) in [6.45, 7) is 0.200. The highest BCUT2D eigenvalue weighted by atomic mass is 16.5. The van der Waals surface area contributed by atoms with Gasteiger partial charge in [-0.2, -0.15) is 0 Å². The molecule has 6 nitrogen and oxygen atoms in total.